The molecule has 20 heavy (non-hydrogen) atoms. The third kappa shape index (κ3) is 2.41. The summed E-state index contributed by atoms with van der Waals surface area (Å²) < 4.78 is 0. The molecule has 2 aromatic rings. The van der Waals surface area contributed by atoms with Gasteiger partial charge in [0.1, 0.15) is 0 Å². The molecule has 1 aliphatic heterocycles. The van der Waals surface area contributed by atoms with Crippen LogP contribution in [-0.2, 0) is 4.79 Å². The number of amides is 1. The molecule has 4 nitrogen and oxygen atoms in total. The average Bonchev–Trinajstić information content (AvgIpc) is 2.54. The highest BCUT2D eigenvalue weighted by atomic mass is 35.5. The van der Waals surface area contributed by atoms with Gasteiger partial charge in [-0.05, 0) is 29.3 Å². The van der Waals surface area contributed by atoms with Gasteiger partial charge in [0.25, 0.3) is 0 Å². The molecule has 0 saturated heterocycles. The summed E-state index contributed by atoms with van der Waals surface area (Å²) in [6.45, 7) is -0.203. The number of carbonyl (C=O) groups excluding carboxylic acids is 1. The first kappa shape index (κ1) is 13.1. The van der Waals surface area contributed by atoms with Crippen LogP contribution in [0.2, 0.25) is 5.02 Å². The van der Waals surface area contributed by atoms with Crippen molar-refractivity contribution in [2.45, 2.75) is 6.04 Å². The summed E-state index contributed by atoms with van der Waals surface area (Å²) in [5, 5.41) is 16.4. The number of hydrogen-bond donors (Lipinski definition) is 1. The van der Waals surface area contributed by atoms with Gasteiger partial charge in [0, 0.05) is 10.7 Å². The topological polar surface area (TPSA) is 55.4 Å². The van der Waals surface area contributed by atoms with Gasteiger partial charge >= 0.3 is 0 Å². The molecular formula is C15H12ClN2O2-. The molecule has 5 heteroatoms. The van der Waals surface area contributed by atoms with Crippen LogP contribution in [0.4, 0.5) is 5.69 Å². The number of carbonyl (C=O) groups is 1. The van der Waals surface area contributed by atoms with Gasteiger partial charge in [0.05, 0.1) is 12.6 Å². The normalized spacial score (nSPS) is 19.1. The fraction of sp³-hybridized carbons (Fsp3) is 0.133. The summed E-state index contributed by atoms with van der Waals surface area (Å²) in [5.74, 6) is -0.318. The Balaban J connectivity index is 2.17. The van der Waals surface area contributed by atoms with E-state index in [2.05, 4.69) is 5.32 Å². The number of hydrogen-bond acceptors (Lipinski definition) is 3. The van der Waals surface area contributed by atoms with Crippen molar-refractivity contribution >= 4 is 23.2 Å². The minimum atomic E-state index is -0.538. The van der Waals surface area contributed by atoms with Crippen LogP contribution in [0, 0.1) is 5.21 Å². The van der Waals surface area contributed by atoms with Crippen molar-refractivity contribution in [2.24, 2.45) is 0 Å². The van der Waals surface area contributed by atoms with Gasteiger partial charge in [-0.1, -0.05) is 41.9 Å². The van der Waals surface area contributed by atoms with Crippen LogP contribution in [0.15, 0.2) is 48.5 Å². The van der Waals surface area contributed by atoms with Crippen molar-refractivity contribution in [3.05, 3.63) is 69.9 Å². The zero-order chi connectivity index (χ0) is 14.1. The van der Waals surface area contributed by atoms with E-state index in [4.69, 9.17) is 11.6 Å². The zero-order valence-electron chi connectivity index (χ0n) is 10.5. The van der Waals surface area contributed by atoms with Gasteiger partial charge in [-0.2, -0.15) is 0 Å². The third-order valence-electron chi connectivity index (χ3n) is 3.29. The number of anilines is 1. The molecule has 2 aromatic carbocycles. The maximum atomic E-state index is 12.3. The summed E-state index contributed by atoms with van der Waals surface area (Å²) in [6, 6.07) is 14.0. The summed E-state index contributed by atoms with van der Waals surface area (Å²) in [7, 11) is 0. The summed E-state index contributed by atoms with van der Waals surface area (Å²) in [5.41, 5.74) is 2.18. The maximum Gasteiger partial charge on any atom is 0.237 e. The number of rotatable bonds is 1. The second kappa shape index (κ2) is 5.25. The second-order valence-electron chi connectivity index (χ2n) is 4.67. The Morgan fingerprint density at radius 2 is 1.95 bits per heavy atom. The van der Waals surface area contributed by atoms with Gasteiger partial charge in [-0.3, -0.25) is 4.79 Å². The number of benzene rings is 2. The van der Waals surface area contributed by atoms with Crippen LogP contribution in [0.25, 0.3) is 0 Å². The molecule has 1 unspecified atom stereocenters. The van der Waals surface area contributed by atoms with Crippen molar-refractivity contribution in [3.8, 4) is 0 Å². The molecule has 1 N–H and O–H groups in total. The Labute approximate surface area is 121 Å². The minimum absolute atomic E-state index is 0.203. The Hall–Kier alpha value is -1.88. The van der Waals surface area contributed by atoms with Crippen LogP contribution in [0.5, 0.6) is 0 Å². The smallest absolute Gasteiger partial charge is 0.237 e. The highest BCUT2D eigenvalue weighted by molar-refractivity contribution is 6.30. The zero-order valence-corrected chi connectivity index (χ0v) is 11.3. The maximum absolute atomic E-state index is 12.3. The van der Waals surface area contributed by atoms with E-state index < -0.39 is 6.04 Å². The molecule has 1 atom stereocenters. The number of halogens is 1. The van der Waals surface area contributed by atoms with Crippen molar-refractivity contribution in [3.63, 3.8) is 0 Å². The summed E-state index contributed by atoms with van der Waals surface area (Å²) >= 11 is 6.03. The fourth-order valence-corrected chi connectivity index (χ4v) is 2.61. The molecule has 3 rings (SSSR count). The number of fused-ring (bicyclic) bond motifs is 1. The molecule has 1 aliphatic rings. The quantitative estimate of drug-likeness (QED) is 0.876. The lowest BCUT2D eigenvalue weighted by Crippen LogP contribution is -2.28. The minimum Gasteiger partial charge on any atom is -0.784 e. The van der Waals surface area contributed by atoms with Gasteiger partial charge in [0.15, 0.2) is 0 Å². The van der Waals surface area contributed by atoms with Gasteiger partial charge in [-0.15, -0.1) is 0 Å². The average molecular weight is 288 g/mol. The van der Waals surface area contributed by atoms with Crippen molar-refractivity contribution in [1.29, 1.82) is 0 Å². The van der Waals surface area contributed by atoms with Crippen molar-refractivity contribution in [2.75, 3.05) is 11.9 Å². The highest BCUT2D eigenvalue weighted by Gasteiger charge is 2.25. The van der Waals surface area contributed by atoms with Gasteiger partial charge in [0.2, 0.25) is 5.91 Å². The molecular weight excluding hydrogens is 276 g/mol. The fourth-order valence-electron chi connectivity index (χ4n) is 2.43. The Bertz CT molecular complexity index is 646. The van der Waals surface area contributed by atoms with Crippen LogP contribution in [0.3, 0.4) is 0 Å². The van der Waals surface area contributed by atoms with Crippen LogP contribution in [-0.4, -0.2) is 17.5 Å². The van der Waals surface area contributed by atoms with E-state index in [9.17, 15) is 10.0 Å². The lowest BCUT2D eigenvalue weighted by molar-refractivity contribution is -0.116. The molecule has 0 spiro atoms. The van der Waals surface area contributed by atoms with E-state index in [0.29, 0.717) is 16.3 Å². The Morgan fingerprint density at radius 1 is 1.20 bits per heavy atom. The first-order valence-corrected chi connectivity index (χ1v) is 6.61. The van der Waals surface area contributed by atoms with Crippen LogP contribution < -0.4 is 5.32 Å². The Morgan fingerprint density at radius 3 is 2.70 bits per heavy atom. The number of hydroxylamine groups is 2. The van der Waals surface area contributed by atoms with Crippen LogP contribution in [0.1, 0.15) is 17.2 Å². The van der Waals surface area contributed by atoms with Gasteiger partial charge in [-0.25, -0.2) is 0 Å². The Kier molecular flexibility index (Phi) is 3.44. The monoisotopic (exact) mass is 287 g/mol. The molecule has 0 aromatic heterocycles. The molecule has 0 radical (unpaired) electrons. The second-order valence-corrected chi connectivity index (χ2v) is 5.10. The van der Waals surface area contributed by atoms with Crippen LogP contribution >= 0.6 is 11.6 Å². The first-order valence-electron chi connectivity index (χ1n) is 6.23. The summed E-state index contributed by atoms with van der Waals surface area (Å²) in [6.07, 6.45) is 0. The molecule has 0 fully saturated rings. The number of nitrogens with zero attached hydrogens (tertiary/aromatic N) is 1. The predicted octanol–water partition coefficient (Wildman–Crippen LogP) is 3.18. The first-order chi connectivity index (χ1) is 9.65. The van der Waals surface area contributed by atoms with E-state index in [-0.39, 0.29) is 12.5 Å². The molecule has 1 amide bonds. The van der Waals surface area contributed by atoms with E-state index >= 15 is 0 Å². The third-order valence-corrected chi connectivity index (χ3v) is 3.52. The molecule has 0 aliphatic carbocycles. The lowest BCUT2D eigenvalue weighted by atomic mass is 9.97. The highest BCUT2D eigenvalue weighted by Crippen LogP contribution is 2.36. The molecule has 102 valence electrons. The molecule has 0 saturated carbocycles. The SMILES string of the molecule is O=C1CN([O-])C(c2ccccc2)c2cc(Cl)ccc2N1. The summed E-state index contributed by atoms with van der Waals surface area (Å²) in [4.78, 5) is 11.7. The number of nitrogens with one attached hydrogen (secondary N) is 1. The molecule has 0 bridgehead atoms. The lowest BCUT2D eigenvalue weighted by Gasteiger charge is -2.35. The van der Waals surface area contributed by atoms with Gasteiger partial charge < -0.3 is 15.6 Å². The van der Waals surface area contributed by atoms with E-state index in [1.807, 2.05) is 30.3 Å². The van der Waals surface area contributed by atoms with E-state index in [0.717, 1.165) is 10.6 Å². The standard InChI is InChI=1S/C15H12ClN2O2/c16-11-6-7-13-12(8-11)15(10-4-2-1-3-5-10)18(20)9-14(19)17-13/h1-8,15H,9H2,(H,17,19)/q-1. The van der Waals surface area contributed by atoms with Crippen molar-refractivity contribution < 1.29 is 4.79 Å². The molecule has 1 heterocycles. The largest absolute Gasteiger partial charge is 0.784 e. The predicted molar refractivity (Wildman–Crippen MR) is 78.4 cm³/mol. The van der Waals surface area contributed by atoms with Crippen molar-refractivity contribution in [1.82, 2.24) is 5.06 Å². The van der Waals surface area contributed by atoms with E-state index in [1.54, 1.807) is 18.2 Å². The van der Waals surface area contributed by atoms with E-state index in [1.165, 1.54) is 0 Å².